The smallest absolute Gasteiger partial charge is 0.264 e. The first-order chi connectivity index (χ1) is 14.9. The van der Waals surface area contributed by atoms with Crippen molar-refractivity contribution in [2.24, 2.45) is 0 Å². The van der Waals surface area contributed by atoms with Crippen LogP contribution in [0.5, 0.6) is 0 Å². The Labute approximate surface area is 186 Å². The van der Waals surface area contributed by atoms with Crippen molar-refractivity contribution >= 4 is 23.4 Å². The molecular weight excluding hydrogens is 426 g/mol. The summed E-state index contributed by atoms with van der Waals surface area (Å²) in [6, 6.07) is 6.05. The van der Waals surface area contributed by atoms with Gasteiger partial charge in [0.25, 0.3) is 12.3 Å². The summed E-state index contributed by atoms with van der Waals surface area (Å²) in [6.45, 7) is 1.24. The highest BCUT2D eigenvalue weighted by Gasteiger charge is 2.52. The zero-order valence-electron chi connectivity index (χ0n) is 17.5. The van der Waals surface area contributed by atoms with Crippen molar-refractivity contribution in [1.82, 2.24) is 20.7 Å². The molecule has 0 aromatic heterocycles. The molecule has 31 heavy (non-hydrogen) atoms. The number of hydrogen-bond donors (Lipinski definition) is 2. The third-order valence-corrected chi connectivity index (χ3v) is 7.35. The molecule has 2 atom stereocenters. The highest BCUT2D eigenvalue weighted by Crippen LogP contribution is 2.37. The first-order valence-electron chi connectivity index (χ1n) is 11.0. The summed E-state index contributed by atoms with van der Waals surface area (Å²) in [7, 11) is 0. The number of hydrazine groups is 1. The van der Waals surface area contributed by atoms with Gasteiger partial charge in [0, 0.05) is 25.2 Å². The van der Waals surface area contributed by atoms with Gasteiger partial charge in [0.05, 0.1) is 18.1 Å². The molecule has 0 radical (unpaired) electrons. The van der Waals surface area contributed by atoms with Crippen molar-refractivity contribution in [3.8, 4) is 0 Å². The van der Waals surface area contributed by atoms with E-state index >= 15 is 0 Å². The van der Waals surface area contributed by atoms with Crippen molar-refractivity contribution in [3.05, 3.63) is 35.4 Å². The fourth-order valence-electron chi connectivity index (χ4n) is 5.30. The average Bonchev–Trinajstić information content (AvgIpc) is 2.99. The lowest BCUT2D eigenvalue weighted by Crippen LogP contribution is -2.75. The minimum Gasteiger partial charge on any atom is -0.336 e. The highest BCUT2D eigenvalue weighted by atomic mass is 35.5. The highest BCUT2D eigenvalue weighted by molar-refractivity contribution is 6.31. The molecule has 2 amide bonds. The Morgan fingerprint density at radius 2 is 1.81 bits per heavy atom. The lowest BCUT2D eigenvalue weighted by molar-refractivity contribution is -0.142. The summed E-state index contributed by atoms with van der Waals surface area (Å²) in [5.41, 5.74) is 6.07. The number of hydrogen-bond acceptors (Lipinski definition) is 4. The number of halogens is 3. The van der Waals surface area contributed by atoms with E-state index in [4.69, 9.17) is 11.6 Å². The Morgan fingerprint density at radius 1 is 1.10 bits per heavy atom. The van der Waals surface area contributed by atoms with E-state index in [2.05, 4.69) is 10.9 Å². The number of carbonyl (C=O) groups is 2. The van der Waals surface area contributed by atoms with Gasteiger partial charge >= 0.3 is 0 Å². The Morgan fingerprint density at radius 3 is 2.48 bits per heavy atom. The molecule has 2 aliphatic heterocycles. The fraction of sp³-hybridized carbons (Fsp3) is 0.636. The summed E-state index contributed by atoms with van der Waals surface area (Å²) in [5.74, 6) is -0.406. The van der Waals surface area contributed by atoms with Crippen LogP contribution in [0.25, 0.3) is 0 Å². The first-order valence-corrected chi connectivity index (χ1v) is 11.4. The number of alkyl halides is 3. The van der Waals surface area contributed by atoms with Crippen LogP contribution in [0.2, 0.25) is 0 Å². The van der Waals surface area contributed by atoms with E-state index in [0.717, 1.165) is 38.5 Å². The second-order valence-corrected chi connectivity index (χ2v) is 9.29. The van der Waals surface area contributed by atoms with E-state index in [0.29, 0.717) is 18.7 Å². The number of rotatable bonds is 4. The van der Waals surface area contributed by atoms with E-state index in [1.807, 2.05) is 4.90 Å². The molecule has 1 aromatic carbocycles. The van der Waals surface area contributed by atoms with Crippen molar-refractivity contribution in [2.45, 2.75) is 68.5 Å². The van der Waals surface area contributed by atoms with Crippen LogP contribution in [-0.4, -0.2) is 58.2 Å². The van der Waals surface area contributed by atoms with E-state index in [9.17, 15) is 18.4 Å². The molecule has 4 rings (SSSR count). The monoisotopic (exact) mass is 454 g/mol. The van der Waals surface area contributed by atoms with Crippen LogP contribution in [0.4, 0.5) is 8.78 Å². The molecule has 2 unspecified atom stereocenters. The lowest BCUT2D eigenvalue weighted by Gasteiger charge is -2.52. The molecule has 2 heterocycles. The normalized spacial score (nSPS) is 27.4. The third-order valence-electron chi connectivity index (χ3n) is 6.92. The first kappa shape index (κ1) is 22.4. The van der Waals surface area contributed by atoms with Crippen molar-refractivity contribution in [2.75, 3.05) is 19.6 Å². The average molecular weight is 455 g/mol. The standard InChI is InChI=1S/C22H29ClF2N4O2/c23-18-19(22(27-26-21(18)31)9-5-1-2-6-10-22)29-12-11-28(17(30)14-29)13-15-7-3-4-8-16(15)20(24)25/h3-4,7-8,18-20,27H,1-2,5-6,9-14H2,(H,26,31). The number of carbonyl (C=O) groups excluding carboxylic acids is 2. The summed E-state index contributed by atoms with van der Waals surface area (Å²) < 4.78 is 26.7. The molecule has 2 saturated heterocycles. The van der Waals surface area contributed by atoms with Crippen LogP contribution in [-0.2, 0) is 16.1 Å². The minimum absolute atomic E-state index is 0.0379. The van der Waals surface area contributed by atoms with Crippen LogP contribution in [0.15, 0.2) is 24.3 Å². The van der Waals surface area contributed by atoms with Gasteiger partial charge in [-0.25, -0.2) is 14.2 Å². The van der Waals surface area contributed by atoms with Gasteiger partial charge in [-0.05, 0) is 18.4 Å². The molecule has 3 fully saturated rings. The molecule has 1 aromatic rings. The fourth-order valence-corrected chi connectivity index (χ4v) is 5.75. The Hall–Kier alpha value is -1.77. The molecule has 0 bridgehead atoms. The maximum absolute atomic E-state index is 13.3. The molecule has 1 saturated carbocycles. The predicted molar refractivity (Wildman–Crippen MR) is 114 cm³/mol. The molecule has 9 heteroatoms. The molecule has 170 valence electrons. The van der Waals surface area contributed by atoms with Crippen molar-refractivity contribution < 1.29 is 18.4 Å². The molecule has 3 aliphatic rings. The summed E-state index contributed by atoms with van der Waals surface area (Å²) in [6.07, 6.45) is 3.57. The number of amides is 2. The number of benzene rings is 1. The Balaban J connectivity index is 1.50. The Bertz CT molecular complexity index is 816. The van der Waals surface area contributed by atoms with Gasteiger partial charge in [-0.1, -0.05) is 49.9 Å². The quantitative estimate of drug-likeness (QED) is 0.686. The van der Waals surface area contributed by atoms with E-state index in [-0.39, 0.29) is 42.0 Å². The van der Waals surface area contributed by atoms with Gasteiger partial charge < -0.3 is 4.90 Å². The second-order valence-electron chi connectivity index (χ2n) is 8.82. The summed E-state index contributed by atoms with van der Waals surface area (Å²) in [5, 5.41) is -0.752. The van der Waals surface area contributed by atoms with Crippen LogP contribution in [0, 0.1) is 0 Å². The molecule has 1 spiro atoms. The van der Waals surface area contributed by atoms with Gasteiger partial charge in [0.1, 0.15) is 5.38 Å². The lowest BCUT2D eigenvalue weighted by atomic mass is 9.78. The number of nitrogens with one attached hydrogen (secondary N) is 2. The molecule has 6 nitrogen and oxygen atoms in total. The summed E-state index contributed by atoms with van der Waals surface area (Å²) in [4.78, 5) is 29.0. The van der Waals surface area contributed by atoms with Crippen LogP contribution >= 0.6 is 11.6 Å². The van der Waals surface area contributed by atoms with Crippen LogP contribution < -0.4 is 10.9 Å². The largest absolute Gasteiger partial charge is 0.336 e. The van der Waals surface area contributed by atoms with E-state index in [1.165, 1.54) is 6.07 Å². The number of piperazine rings is 1. The van der Waals surface area contributed by atoms with Crippen LogP contribution in [0.1, 0.15) is 56.1 Å². The van der Waals surface area contributed by atoms with Crippen molar-refractivity contribution in [3.63, 3.8) is 0 Å². The van der Waals surface area contributed by atoms with E-state index < -0.39 is 11.8 Å². The second kappa shape index (κ2) is 9.38. The van der Waals surface area contributed by atoms with Gasteiger partial charge in [0.2, 0.25) is 5.91 Å². The number of nitrogens with zero attached hydrogens (tertiary/aromatic N) is 2. The molecule has 1 aliphatic carbocycles. The third kappa shape index (κ3) is 4.56. The molecule has 2 N–H and O–H groups in total. The maximum Gasteiger partial charge on any atom is 0.264 e. The van der Waals surface area contributed by atoms with Gasteiger partial charge in [0.15, 0.2) is 0 Å². The van der Waals surface area contributed by atoms with Crippen molar-refractivity contribution in [1.29, 1.82) is 0 Å². The Kier molecular flexibility index (Phi) is 6.79. The molecular formula is C22H29ClF2N4O2. The van der Waals surface area contributed by atoms with Gasteiger partial charge in [-0.3, -0.25) is 19.9 Å². The SMILES string of the molecule is O=C1NNC2(CCCCCC2)C(N2CCN(Cc3ccccc3C(F)F)C(=O)C2)C1Cl. The summed E-state index contributed by atoms with van der Waals surface area (Å²) >= 11 is 6.61. The van der Waals surface area contributed by atoms with Crippen LogP contribution in [0.3, 0.4) is 0 Å². The van der Waals surface area contributed by atoms with E-state index in [1.54, 1.807) is 23.1 Å². The zero-order chi connectivity index (χ0) is 22.0. The maximum atomic E-state index is 13.3. The van der Waals surface area contributed by atoms with Gasteiger partial charge in [-0.2, -0.15) is 0 Å². The topological polar surface area (TPSA) is 64.7 Å². The van der Waals surface area contributed by atoms with Gasteiger partial charge in [-0.15, -0.1) is 11.6 Å². The zero-order valence-corrected chi connectivity index (χ0v) is 18.2. The predicted octanol–water partition coefficient (Wildman–Crippen LogP) is 2.97. The minimum atomic E-state index is -2.58.